The van der Waals surface area contributed by atoms with Gasteiger partial charge in [0.05, 0.1) is 11.6 Å². The van der Waals surface area contributed by atoms with Crippen LogP contribution in [0.3, 0.4) is 0 Å². The summed E-state index contributed by atoms with van der Waals surface area (Å²) < 4.78 is 6.43. The van der Waals surface area contributed by atoms with Crippen LogP contribution in [0.4, 0.5) is 4.79 Å². The quantitative estimate of drug-likeness (QED) is 0.339. The predicted octanol–water partition coefficient (Wildman–Crippen LogP) is 5.09. The number of amides is 3. The summed E-state index contributed by atoms with van der Waals surface area (Å²) in [7, 11) is 2.11. The number of aromatic carboxylic acids is 1. The van der Waals surface area contributed by atoms with E-state index in [1.807, 2.05) is 45.0 Å². The molecule has 42 heavy (non-hydrogen) atoms. The van der Waals surface area contributed by atoms with Crippen LogP contribution < -0.4 is 10.1 Å². The van der Waals surface area contributed by atoms with E-state index < -0.39 is 23.6 Å². The van der Waals surface area contributed by atoms with E-state index in [4.69, 9.17) is 4.74 Å². The van der Waals surface area contributed by atoms with E-state index in [2.05, 4.69) is 29.1 Å². The highest BCUT2D eigenvalue weighted by Crippen LogP contribution is 2.46. The Balaban J connectivity index is 1.55. The molecule has 9 nitrogen and oxygen atoms in total. The third-order valence-corrected chi connectivity index (χ3v) is 9.04. The summed E-state index contributed by atoms with van der Waals surface area (Å²) in [6, 6.07) is 12.3. The Morgan fingerprint density at radius 3 is 2.31 bits per heavy atom. The summed E-state index contributed by atoms with van der Waals surface area (Å²) in [6.07, 6.45) is 2.43. The first-order valence-electron chi connectivity index (χ1n) is 15.3. The van der Waals surface area contributed by atoms with Gasteiger partial charge in [0.25, 0.3) is 0 Å². The smallest absolute Gasteiger partial charge is 0.335 e. The number of ether oxygens (including phenoxy) is 1. The maximum atomic E-state index is 13.6. The number of nitrogens with one attached hydrogen (secondary N) is 1. The number of likely N-dealkylation sites (tertiary alicyclic amines) is 1. The van der Waals surface area contributed by atoms with Crippen molar-refractivity contribution in [2.75, 3.05) is 39.8 Å². The Morgan fingerprint density at radius 2 is 1.71 bits per heavy atom. The zero-order valence-electron chi connectivity index (χ0n) is 25.7. The maximum Gasteiger partial charge on any atom is 0.335 e. The van der Waals surface area contributed by atoms with Crippen molar-refractivity contribution in [1.82, 2.24) is 20.0 Å². The Morgan fingerprint density at radius 1 is 1.05 bits per heavy atom. The van der Waals surface area contributed by atoms with E-state index in [0.29, 0.717) is 30.6 Å². The van der Waals surface area contributed by atoms with Gasteiger partial charge < -0.3 is 25.0 Å². The maximum absolute atomic E-state index is 13.6. The average molecular weight is 579 g/mol. The van der Waals surface area contributed by atoms with Gasteiger partial charge in [0.15, 0.2) is 6.23 Å². The van der Waals surface area contributed by atoms with Gasteiger partial charge in [0.2, 0.25) is 5.91 Å². The third-order valence-electron chi connectivity index (χ3n) is 9.04. The van der Waals surface area contributed by atoms with Crippen LogP contribution in [0.25, 0.3) is 0 Å². The first-order chi connectivity index (χ1) is 20.1. The summed E-state index contributed by atoms with van der Waals surface area (Å²) >= 11 is 0. The van der Waals surface area contributed by atoms with Crippen molar-refractivity contribution in [3.8, 4) is 5.75 Å². The Bertz CT molecular complexity index is 1250. The third kappa shape index (κ3) is 6.63. The van der Waals surface area contributed by atoms with E-state index in [0.717, 1.165) is 56.7 Å². The number of hydrogen-bond acceptors (Lipinski definition) is 6. The molecule has 228 valence electrons. The molecule has 3 amide bonds. The minimum Gasteiger partial charge on any atom is -0.478 e. The summed E-state index contributed by atoms with van der Waals surface area (Å²) in [6.45, 7) is 12.6. The van der Waals surface area contributed by atoms with Gasteiger partial charge >= 0.3 is 12.0 Å². The first-order valence-corrected chi connectivity index (χ1v) is 15.3. The highest BCUT2D eigenvalue weighted by atomic mass is 16.5. The number of carbonyl (C=O) groups excluding carboxylic acids is 2. The molecule has 0 radical (unpaired) electrons. The standard InChI is InChI=1S/C33H46N4O5/c1-6-9-28(24-12-10-23(4)11-13-24)34-32(41)37-30(40)33(7-2,8-3)31(37)42-26-14-15-27(29(38)39)25(22-26)16-17-36-20-18-35(5)19-21-36/h10-15,22,28,31H,6-9,16-21H2,1-5H3,(H,34,41)(H,38,39). The molecule has 2 heterocycles. The molecule has 2 aromatic rings. The molecule has 2 unspecified atom stereocenters. The second-order valence-electron chi connectivity index (χ2n) is 11.7. The van der Waals surface area contributed by atoms with Gasteiger partial charge in [-0.05, 0) is 69.0 Å². The number of benzene rings is 2. The number of imide groups is 1. The van der Waals surface area contributed by atoms with Gasteiger partial charge in [0.1, 0.15) is 11.2 Å². The lowest BCUT2D eigenvalue weighted by Gasteiger charge is -2.53. The summed E-state index contributed by atoms with van der Waals surface area (Å²) in [5, 5.41) is 12.9. The van der Waals surface area contributed by atoms with E-state index in [1.165, 1.54) is 4.90 Å². The number of piperazine rings is 1. The highest BCUT2D eigenvalue weighted by Gasteiger charge is 2.63. The van der Waals surface area contributed by atoms with E-state index in [1.54, 1.807) is 18.2 Å². The average Bonchev–Trinajstić information content (AvgIpc) is 2.97. The van der Waals surface area contributed by atoms with Crippen LogP contribution in [0.5, 0.6) is 5.75 Å². The predicted molar refractivity (Wildman–Crippen MR) is 163 cm³/mol. The van der Waals surface area contributed by atoms with Gasteiger partial charge in [-0.25, -0.2) is 14.5 Å². The van der Waals surface area contributed by atoms with Crippen LogP contribution in [0.1, 0.15) is 79.5 Å². The van der Waals surface area contributed by atoms with Crippen molar-refractivity contribution in [2.24, 2.45) is 5.41 Å². The number of aryl methyl sites for hydroxylation is 1. The lowest BCUT2D eigenvalue weighted by molar-refractivity contribution is -0.191. The zero-order valence-corrected chi connectivity index (χ0v) is 25.7. The molecule has 2 aliphatic rings. The van der Waals surface area contributed by atoms with Gasteiger partial charge in [-0.2, -0.15) is 0 Å². The molecule has 2 N–H and O–H groups in total. The molecule has 9 heteroatoms. The van der Waals surface area contributed by atoms with Gasteiger partial charge in [-0.1, -0.05) is 57.0 Å². The molecule has 0 spiro atoms. The van der Waals surface area contributed by atoms with Crippen molar-refractivity contribution < 1.29 is 24.2 Å². The monoisotopic (exact) mass is 578 g/mol. The summed E-state index contributed by atoms with van der Waals surface area (Å²) in [5.41, 5.74) is 2.23. The van der Waals surface area contributed by atoms with Gasteiger partial charge in [-0.15, -0.1) is 0 Å². The van der Waals surface area contributed by atoms with Crippen LogP contribution in [-0.2, 0) is 11.2 Å². The van der Waals surface area contributed by atoms with E-state index in [9.17, 15) is 19.5 Å². The molecule has 2 saturated heterocycles. The molecular formula is C33H46N4O5. The molecule has 2 aliphatic heterocycles. The summed E-state index contributed by atoms with van der Waals surface area (Å²) in [5.74, 6) is -0.769. The number of likely N-dealkylation sites (N-methyl/N-ethyl adjacent to an activating group) is 1. The number of rotatable bonds is 12. The molecule has 0 aliphatic carbocycles. The Hall–Kier alpha value is -3.43. The van der Waals surface area contributed by atoms with Crippen LogP contribution in [0, 0.1) is 12.3 Å². The Labute approximate surface area is 249 Å². The topological polar surface area (TPSA) is 102 Å². The molecule has 0 bridgehead atoms. The minimum atomic E-state index is -0.982. The van der Waals surface area contributed by atoms with Crippen molar-refractivity contribution in [3.63, 3.8) is 0 Å². The second kappa shape index (κ2) is 13.7. The minimum absolute atomic E-state index is 0.231. The van der Waals surface area contributed by atoms with Gasteiger partial charge in [0, 0.05) is 32.7 Å². The Kier molecular flexibility index (Phi) is 10.3. The van der Waals surface area contributed by atoms with Crippen LogP contribution in [0.2, 0.25) is 0 Å². The normalized spacial score (nSPS) is 19.7. The number of hydrogen-bond donors (Lipinski definition) is 2. The number of carboxylic acids is 1. The number of carbonyl (C=O) groups is 3. The highest BCUT2D eigenvalue weighted by molar-refractivity contribution is 6.03. The van der Waals surface area contributed by atoms with Crippen molar-refractivity contribution in [3.05, 3.63) is 64.7 Å². The molecule has 4 rings (SSSR count). The molecule has 0 saturated carbocycles. The molecule has 0 aromatic heterocycles. The lowest BCUT2D eigenvalue weighted by atomic mass is 9.72. The van der Waals surface area contributed by atoms with Crippen molar-refractivity contribution in [1.29, 1.82) is 0 Å². The molecule has 2 fully saturated rings. The number of carboxylic acid groups (broad SMARTS) is 1. The van der Waals surface area contributed by atoms with Crippen LogP contribution in [-0.4, -0.2) is 83.7 Å². The van der Waals surface area contributed by atoms with E-state index in [-0.39, 0.29) is 17.5 Å². The fourth-order valence-electron chi connectivity index (χ4n) is 6.06. The summed E-state index contributed by atoms with van der Waals surface area (Å²) in [4.78, 5) is 45.0. The number of urea groups is 1. The zero-order chi connectivity index (χ0) is 30.4. The van der Waals surface area contributed by atoms with Crippen molar-refractivity contribution >= 4 is 17.9 Å². The lowest BCUT2D eigenvalue weighted by Crippen LogP contribution is -2.73. The van der Waals surface area contributed by atoms with Crippen LogP contribution in [0.15, 0.2) is 42.5 Å². The number of β-lactam (4-membered cyclic amide) rings is 1. The van der Waals surface area contributed by atoms with E-state index >= 15 is 0 Å². The van der Waals surface area contributed by atoms with Gasteiger partial charge in [-0.3, -0.25) is 4.79 Å². The molecule has 2 aromatic carbocycles. The molecular weight excluding hydrogens is 532 g/mol. The first kappa shape index (κ1) is 31.5. The van der Waals surface area contributed by atoms with Crippen molar-refractivity contribution in [2.45, 2.75) is 72.1 Å². The molecule has 2 atom stereocenters. The largest absolute Gasteiger partial charge is 0.478 e. The SMILES string of the molecule is CCCC(NC(=O)N1C(=O)C(CC)(CC)C1Oc1ccc(C(=O)O)c(CCN2CCN(C)CC2)c1)c1ccc(C)cc1. The fraction of sp³-hybridized carbons (Fsp3) is 0.545. The fourth-order valence-corrected chi connectivity index (χ4v) is 6.06. The number of nitrogens with zero attached hydrogens (tertiary/aromatic N) is 3. The second-order valence-corrected chi connectivity index (χ2v) is 11.7. The van der Waals surface area contributed by atoms with Crippen LogP contribution >= 0.6 is 0 Å².